The van der Waals surface area contributed by atoms with E-state index in [1.54, 1.807) is 0 Å². The summed E-state index contributed by atoms with van der Waals surface area (Å²) < 4.78 is 42.8. The van der Waals surface area contributed by atoms with Crippen molar-refractivity contribution >= 4 is 35.1 Å². The highest BCUT2D eigenvalue weighted by Gasteiger charge is 2.36. The maximum absolute atomic E-state index is 12.7. The zero-order chi connectivity index (χ0) is 18.1. The van der Waals surface area contributed by atoms with Gasteiger partial charge in [-0.05, 0) is 30.5 Å². The summed E-state index contributed by atoms with van der Waals surface area (Å²) in [7, 11) is 1.23. The van der Waals surface area contributed by atoms with Crippen LogP contribution in [0.5, 0.6) is 0 Å². The van der Waals surface area contributed by atoms with Crippen LogP contribution in [-0.4, -0.2) is 36.5 Å². The highest BCUT2D eigenvalue weighted by Crippen LogP contribution is 2.36. The maximum Gasteiger partial charge on any atom is 0.416 e. The van der Waals surface area contributed by atoms with E-state index in [1.807, 2.05) is 0 Å². The van der Waals surface area contributed by atoms with Crippen LogP contribution in [0.2, 0.25) is 10.0 Å². The summed E-state index contributed by atoms with van der Waals surface area (Å²) in [5, 5.41) is -0.478. The number of hydrogen-bond donors (Lipinski definition) is 0. The summed E-state index contributed by atoms with van der Waals surface area (Å²) in [5.74, 6) is -0.961. The molecule has 0 spiro atoms. The van der Waals surface area contributed by atoms with Crippen molar-refractivity contribution in [2.45, 2.75) is 31.5 Å². The van der Waals surface area contributed by atoms with Gasteiger partial charge in [0.05, 0.1) is 19.1 Å². The molecule has 1 saturated heterocycles. The minimum atomic E-state index is -4.58. The molecule has 4 nitrogen and oxygen atoms in total. The first-order chi connectivity index (χ1) is 11.1. The summed E-state index contributed by atoms with van der Waals surface area (Å²) in [6.45, 7) is 0.370. The SMILES string of the molecule is COC(=O)C1CCCN1C(=O)Cc1c(Cl)cc(C(F)(F)F)cc1Cl. The molecule has 0 N–H and O–H groups in total. The van der Waals surface area contributed by atoms with Gasteiger partial charge in [0, 0.05) is 16.6 Å². The van der Waals surface area contributed by atoms with Gasteiger partial charge < -0.3 is 9.64 Å². The first kappa shape index (κ1) is 18.9. The molecule has 1 amide bonds. The van der Waals surface area contributed by atoms with Gasteiger partial charge in [-0.15, -0.1) is 0 Å². The van der Waals surface area contributed by atoms with Crippen LogP contribution in [0.15, 0.2) is 12.1 Å². The van der Waals surface area contributed by atoms with E-state index in [-0.39, 0.29) is 22.0 Å². The first-order valence-corrected chi connectivity index (χ1v) is 7.83. The van der Waals surface area contributed by atoms with Gasteiger partial charge in [0.2, 0.25) is 5.91 Å². The van der Waals surface area contributed by atoms with Crippen LogP contribution in [0.3, 0.4) is 0 Å². The van der Waals surface area contributed by atoms with E-state index in [1.165, 1.54) is 12.0 Å². The molecular formula is C15H14Cl2F3NO3. The standard InChI is InChI=1S/C15H14Cl2F3NO3/c1-24-14(23)12-3-2-4-21(12)13(22)7-9-10(16)5-8(6-11(9)17)15(18,19)20/h5-6,12H,2-4,7H2,1H3. The van der Waals surface area contributed by atoms with Crippen LogP contribution < -0.4 is 0 Å². The molecule has 1 aliphatic heterocycles. The molecule has 9 heteroatoms. The topological polar surface area (TPSA) is 46.6 Å². The number of methoxy groups -OCH3 is 1. The smallest absolute Gasteiger partial charge is 0.416 e. The Morgan fingerprint density at radius 1 is 1.29 bits per heavy atom. The van der Waals surface area contributed by atoms with E-state index in [4.69, 9.17) is 23.2 Å². The molecule has 0 saturated carbocycles. The number of halogens is 5. The third-order valence-corrected chi connectivity index (χ3v) is 4.52. The van der Waals surface area contributed by atoms with Gasteiger partial charge in [0.1, 0.15) is 6.04 Å². The Labute approximate surface area is 146 Å². The number of carbonyl (C=O) groups is 2. The van der Waals surface area contributed by atoms with Crippen LogP contribution in [0.1, 0.15) is 24.0 Å². The summed E-state index contributed by atoms with van der Waals surface area (Å²) in [6.07, 6.45) is -3.75. The van der Waals surface area contributed by atoms with Crippen molar-refractivity contribution in [2.24, 2.45) is 0 Å². The lowest BCUT2D eigenvalue weighted by Crippen LogP contribution is -2.41. The second-order valence-electron chi connectivity index (χ2n) is 5.36. The van der Waals surface area contributed by atoms with E-state index in [9.17, 15) is 22.8 Å². The van der Waals surface area contributed by atoms with Crippen LogP contribution in [-0.2, 0) is 26.9 Å². The minimum Gasteiger partial charge on any atom is -0.467 e. The predicted molar refractivity (Wildman–Crippen MR) is 81.9 cm³/mol. The number of carbonyl (C=O) groups excluding carboxylic acids is 2. The van der Waals surface area contributed by atoms with Crippen molar-refractivity contribution in [1.29, 1.82) is 0 Å². The Balaban J connectivity index is 2.22. The second-order valence-corrected chi connectivity index (χ2v) is 6.18. The average molecular weight is 384 g/mol. The summed E-state index contributed by atoms with van der Waals surface area (Å²) >= 11 is 11.7. The molecule has 1 aliphatic rings. The van der Waals surface area contributed by atoms with Gasteiger partial charge in [-0.1, -0.05) is 23.2 Å². The van der Waals surface area contributed by atoms with Crippen LogP contribution >= 0.6 is 23.2 Å². The number of ether oxygens (including phenoxy) is 1. The summed E-state index contributed by atoms with van der Waals surface area (Å²) in [5.41, 5.74) is -0.880. The third kappa shape index (κ3) is 3.95. The predicted octanol–water partition coefficient (Wildman–Crippen LogP) is 3.72. The van der Waals surface area contributed by atoms with Crippen LogP contribution in [0, 0.1) is 0 Å². The first-order valence-electron chi connectivity index (χ1n) is 7.07. The third-order valence-electron chi connectivity index (χ3n) is 3.84. The number of nitrogens with zero attached hydrogens (tertiary/aromatic N) is 1. The fourth-order valence-electron chi connectivity index (χ4n) is 2.63. The minimum absolute atomic E-state index is 0.104. The number of hydrogen-bond acceptors (Lipinski definition) is 3. The second kappa shape index (κ2) is 7.19. The van der Waals surface area contributed by atoms with Crippen LogP contribution in [0.4, 0.5) is 13.2 Å². The monoisotopic (exact) mass is 383 g/mol. The molecule has 24 heavy (non-hydrogen) atoms. The zero-order valence-corrected chi connectivity index (χ0v) is 14.1. The van der Waals surface area contributed by atoms with Gasteiger partial charge in [0.15, 0.2) is 0 Å². The molecule has 1 unspecified atom stereocenters. The molecule has 1 aromatic carbocycles. The van der Waals surface area contributed by atoms with Gasteiger partial charge in [0.25, 0.3) is 0 Å². The van der Waals surface area contributed by atoms with Crippen molar-refractivity contribution in [1.82, 2.24) is 4.90 Å². The van der Waals surface area contributed by atoms with E-state index in [0.29, 0.717) is 19.4 Å². The quantitative estimate of drug-likeness (QED) is 0.747. The Morgan fingerprint density at radius 2 is 1.88 bits per heavy atom. The maximum atomic E-state index is 12.7. The zero-order valence-electron chi connectivity index (χ0n) is 12.6. The lowest BCUT2D eigenvalue weighted by Gasteiger charge is -2.23. The van der Waals surface area contributed by atoms with Crippen molar-refractivity contribution in [2.75, 3.05) is 13.7 Å². The molecule has 1 heterocycles. The largest absolute Gasteiger partial charge is 0.467 e. The molecule has 1 aromatic rings. The van der Waals surface area contributed by atoms with Crippen molar-refractivity contribution in [3.8, 4) is 0 Å². The Hall–Kier alpha value is -1.47. The molecule has 0 bridgehead atoms. The molecule has 1 atom stereocenters. The summed E-state index contributed by atoms with van der Waals surface area (Å²) in [4.78, 5) is 25.4. The molecule has 2 rings (SSSR count). The van der Waals surface area contributed by atoms with Gasteiger partial charge in [-0.25, -0.2) is 4.79 Å². The average Bonchev–Trinajstić information content (AvgIpc) is 2.98. The van der Waals surface area contributed by atoms with E-state index in [0.717, 1.165) is 12.1 Å². The normalized spacial score (nSPS) is 17.9. The van der Waals surface area contributed by atoms with Crippen molar-refractivity contribution in [3.63, 3.8) is 0 Å². The molecular weight excluding hydrogens is 370 g/mol. The van der Waals surface area contributed by atoms with E-state index in [2.05, 4.69) is 4.74 Å². The lowest BCUT2D eigenvalue weighted by molar-refractivity contribution is -0.150. The molecule has 1 fully saturated rings. The van der Waals surface area contributed by atoms with Crippen molar-refractivity contribution in [3.05, 3.63) is 33.3 Å². The lowest BCUT2D eigenvalue weighted by atomic mass is 10.1. The number of alkyl halides is 3. The number of esters is 1. The Bertz CT molecular complexity index is 641. The van der Waals surface area contributed by atoms with Crippen LogP contribution in [0.25, 0.3) is 0 Å². The van der Waals surface area contributed by atoms with Crippen molar-refractivity contribution < 1.29 is 27.5 Å². The Morgan fingerprint density at radius 3 is 2.38 bits per heavy atom. The van der Waals surface area contributed by atoms with Gasteiger partial charge in [-0.2, -0.15) is 13.2 Å². The molecule has 0 aliphatic carbocycles. The number of benzene rings is 1. The molecule has 0 radical (unpaired) electrons. The summed E-state index contributed by atoms with van der Waals surface area (Å²) in [6, 6.07) is 0.782. The van der Waals surface area contributed by atoms with Gasteiger partial charge >= 0.3 is 12.1 Å². The number of amides is 1. The molecule has 0 aromatic heterocycles. The van der Waals surface area contributed by atoms with E-state index >= 15 is 0 Å². The molecule has 132 valence electrons. The van der Waals surface area contributed by atoms with Gasteiger partial charge in [-0.3, -0.25) is 4.79 Å². The fraction of sp³-hybridized carbons (Fsp3) is 0.467. The highest BCUT2D eigenvalue weighted by atomic mass is 35.5. The highest BCUT2D eigenvalue weighted by molar-refractivity contribution is 6.36. The Kier molecular flexibility index (Phi) is 5.65. The fourth-order valence-corrected chi connectivity index (χ4v) is 3.26. The van der Waals surface area contributed by atoms with E-state index < -0.39 is 29.7 Å². The number of likely N-dealkylation sites (tertiary alicyclic amines) is 1. The number of rotatable bonds is 3.